The number of rotatable bonds is 0. The molecular weight excluding hydrogens is 202 g/mol. The van der Waals surface area contributed by atoms with Crippen molar-refractivity contribution in [3.63, 3.8) is 0 Å². The maximum absolute atomic E-state index is 11.1. The van der Waals surface area contributed by atoms with Gasteiger partial charge in [-0.1, -0.05) is 24.0 Å². The van der Waals surface area contributed by atoms with Gasteiger partial charge in [0.1, 0.15) is 4.32 Å². The molecule has 2 aliphatic heterocycles. The van der Waals surface area contributed by atoms with E-state index in [1.807, 2.05) is 0 Å². The fraction of sp³-hybridized carbons (Fsp3) is 0.800. The van der Waals surface area contributed by atoms with E-state index in [2.05, 4.69) is 5.32 Å². The van der Waals surface area contributed by atoms with Crippen molar-refractivity contribution in [1.29, 1.82) is 0 Å². The van der Waals surface area contributed by atoms with Gasteiger partial charge in [-0.3, -0.25) is 0 Å². The first kappa shape index (κ1) is 7.82. The first-order valence-corrected chi connectivity index (χ1v) is 6.35. The lowest BCUT2D eigenvalue weighted by atomic mass is 10.3. The predicted octanol–water partition coefficient (Wildman–Crippen LogP) is -0.227. The topological polar surface area (TPSA) is 46.2 Å². The van der Waals surface area contributed by atoms with E-state index < -0.39 is 9.84 Å². The normalized spacial score (nSPS) is 40.2. The Hall–Kier alpha value is 0.190. The first-order valence-electron chi connectivity index (χ1n) is 3.24. The third-order valence-corrected chi connectivity index (χ3v) is 5.34. The molecule has 2 rings (SSSR count). The molecule has 2 atom stereocenters. The highest BCUT2D eigenvalue weighted by Gasteiger charge is 2.43. The minimum absolute atomic E-state index is 0.0810. The summed E-state index contributed by atoms with van der Waals surface area (Å²) in [4.78, 5) is 0. The minimum atomic E-state index is -2.77. The lowest BCUT2D eigenvalue weighted by Gasteiger charge is -2.02. The van der Waals surface area contributed by atoms with Crippen molar-refractivity contribution < 1.29 is 8.42 Å². The molecular formula is C5H7NO2S3. The predicted molar refractivity (Wildman–Crippen MR) is 49.6 cm³/mol. The second kappa shape index (κ2) is 2.34. The van der Waals surface area contributed by atoms with E-state index in [4.69, 9.17) is 12.2 Å². The van der Waals surface area contributed by atoms with E-state index in [9.17, 15) is 8.42 Å². The van der Waals surface area contributed by atoms with Crippen LogP contribution < -0.4 is 5.32 Å². The largest absolute Gasteiger partial charge is 0.366 e. The number of hydrogen-bond acceptors (Lipinski definition) is 4. The smallest absolute Gasteiger partial charge is 0.153 e. The van der Waals surface area contributed by atoms with Gasteiger partial charge in [0.2, 0.25) is 0 Å². The molecule has 0 unspecified atom stereocenters. The van der Waals surface area contributed by atoms with Crippen molar-refractivity contribution in [3.05, 3.63) is 0 Å². The van der Waals surface area contributed by atoms with Crippen LogP contribution in [0.1, 0.15) is 0 Å². The summed E-state index contributed by atoms with van der Waals surface area (Å²) in [5.74, 6) is 0.542. The van der Waals surface area contributed by atoms with Gasteiger partial charge in [-0.15, -0.1) is 0 Å². The van der Waals surface area contributed by atoms with Gasteiger partial charge in [-0.05, 0) is 0 Å². The lowest BCUT2D eigenvalue weighted by molar-refractivity contribution is 0.600. The average Bonchev–Trinajstić information content (AvgIpc) is 2.17. The zero-order valence-corrected chi connectivity index (χ0v) is 8.06. The number of fused-ring (bicyclic) bond motifs is 1. The Labute approximate surface area is 74.8 Å². The summed E-state index contributed by atoms with van der Waals surface area (Å²) in [5.41, 5.74) is 0. The van der Waals surface area contributed by atoms with Crippen LogP contribution in [0.2, 0.25) is 0 Å². The summed E-state index contributed by atoms with van der Waals surface area (Å²) in [6, 6.07) is 0.0810. The van der Waals surface area contributed by atoms with Gasteiger partial charge in [-0.25, -0.2) is 8.42 Å². The van der Waals surface area contributed by atoms with Gasteiger partial charge in [0.15, 0.2) is 9.84 Å². The van der Waals surface area contributed by atoms with Gasteiger partial charge >= 0.3 is 0 Å². The lowest BCUT2D eigenvalue weighted by Crippen LogP contribution is -2.30. The zero-order valence-electron chi connectivity index (χ0n) is 5.61. The second-order valence-electron chi connectivity index (χ2n) is 2.77. The number of thioether (sulfide) groups is 1. The SMILES string of the molecule is O=S1(=O)C[C@H]2NC(=S)S[C@@H]2C1. The van der Waals surface area contributed by atoms with Crippen molar-refractivity contribution in [1.82, 2.24) is 5.32 Å². The Morgan fingerprint density at radius 3 is 2.91 bits per heavy atom. The van der Waals surface area contributed by atoms with Crippen LogP contribution in [0.25, 0.3) is 0 Å². The molecule has 2 saturated heterocycles. The van der Waals surface area contributed by atoms with Gasteiger partial charge in [-0.2, -0.15) is 0 Å². The van der Waals surface area contributed by atoms with E-state index in [1.165, 1.54) is 11.8 Å². The van der Waals surface area contributed by atoms with E-state index in [0.29, 0.717) is 0 Å². The molecule has 0 radical (unpaired) electrons. The highest BCUT2D eigenvalue weighted by molar-refractivity contribution is 8.24. The molecule has 2 aliphatic rings. The number of nitrogens with one attached hydrogen (secondary N) is 1. The van der Waals surface area contributed by atoms with Crippen LogP contribution in [-0.2, 0) is 9.84 Å². The summed E-state index contributed by atoms with van der Waals surface area (Å²) >= 11 is 6.38. The Morgan fingerprint density at radius 2 is 2.27 bits per heavy atom. The van der Waals surface area contributed by atoms with Crippen LogP contribution in [0.4, 0.5) is 0 Å². The molecule has 11 heavy (non-hydrogen) atoms. The summed E-state index contributed by atoms with van der Waals surface area (Å²) in [7, 11) is -2.77. The van der Waals surface area contributed by atoms with Crippen LogP contribution in [0.5, 0.6) is 0 Å². The van der Waals surface area contributed by atoms with Gasteiger partial charge < -0.3 is 5.32 Å². The molecule has 0 aromatic heterocycles. The molecule has 6 heteroatoms. The maximum Gasteiger partial charge on any atom is 0.153 e. The van der Waals surface area contributed by atoms with Gasteiger partial charge in [0.05, 0.1) is 17.5 Å². The maximum atomic E-state index is 11.1. The van der Waals surface area contributed by atoms with Crippen LogP contribution in [-0.4, -0.2) is 35.5 Å². The van der Waals surface area contributed by atoms with Gasteiger partial charge in [0, 0.05) is 5.25 Å². The quantitative estimate of drug-likeness (QED) is 0.559. The van der Waals surface area contributed by atoms with Crippen LogP contribution in [0.3, 0.4) is 0 Å². The fourth-order valence-corrected chi connectivity index (χ4v) is 5.48. The Bertz CT molecular complexity index is 275. The number of sulfone groups is 1. The molecule has 2 fully saturated rings. The first-order chi connectivity index (χ1) is 5.07. The van der Waals surface area contributed by atoms with Crippen molar-refractivity contribution in [2.24, 2.45) is 0 Å². The van der Waals surface area contributed by atoms with Crippen LogP contribution >= 0.6 is 24.0 Å². The van der Waals surface area contributed by atoms with Gasteiger partial charge in [0.25, 0.3) is 0 Å². The van der Waals surface area contributed by atoms with Crippen molar-refractivity contribution >= 4 is 38.1 Å². The highest BCUT2D eigenvalue weighted by Crippen LogP contribution is 2.30. The van der Waals surface area contributed by atoms with Crippen molar-refractivity contribution in [2.45, 2.75) is 11.3 Å². The summed E-state index contributed by atoms with van der Waals surface area (Å²) in [6.45, 7) is 0. The molecule has 0 saturated carbocycles. The zero-order chi connectivity index (χ0) is 8.06. The molecule has 3 nitrogen and oxygen atoms in total. The Balaban J connectivity index is 2.22. The van der Waals surface area contributed by atoms with Crippen LogP contribution in [0, 0.1) is 0 Å². The van der Waals surface area contributed by atoms with E-state index in [-0.39, 0.29) is 22.8 Å². The third-order valence-electron chi connectivity index (χ3n) is 1.86. The fourth-order valence-electron chi connectivity index (χ4n) is 1.39. The summed E-state index contributed by atoms with van der Waals surface area (Å²) in [5, 5.41) is 3.16. The van der Waals surface area contributed by atoms with E-state index in [1.54, 1.807) is 0 Å². The van der Waals surface area contributed by atoms with E-state index >= 15 is 0 Å². The molecule has 2 heterocycles. The molecule has 0 aromatic rings. The van der Waals surface area contributed by atoms with Crippen molar-refractivity contribution in [2.75, 3.05) is 11.5 Å². The van der Waals surface area contributed by atoms with Crippen molar-refractivity contribution in [3.8, 4) is 0 Å². The number of hydrogen-bond donors (Lipinski definition) is 1. The minimum Gasteiger partial charge on any atom is -0.366 e. The number of thiocarbonyl (C=S) groups is 1. The summed E-state index contributed by atoms with van der Waals surface area (Å²) < 4.78 is 22.9. The Morgan fingerprint density at radius 1 is 1.55 bits per heavy atom. The second-order valence-corrected chi connectivity index (χ2v) is 6.84. The molecule has 62 valence electrons. The molecule has 0 spiro atoms. The Kier molecular flexibility index (Phi) is 1.66. The summed E-state index contributed by atoms with van der Waals surface area (Å²) in [6.07, 6.45) is 0. The molecule has 1 N–H and O–H groups in total. The monoisotopic (exact) mass is 209 g/mol. The van der Waals surface area contributed by atoms with Crippen LogP contribution in [0.15, 0.2) is 0 Å². The molecule has 0 aliphatic carbocycles. The molecule has 0 bridgehead atoms. The third kappa shape index (κ3) is 1.39. The molecule has 0 aromatic carbocycles. The van der Waals surface area contributed by atoms with E-state index in [0.717, 1.165) is 4.32 Å². The standard InChI is InChI=1S/C5H7NO2S3/c7-11(8)1-3-4(2-11)10-5(9)6-3/h3-4H,1-2H2,(H,6,9)/t3-,4-/m1/s1. The highest BCUT2D eigenvalue weighted by atomic mass is 32.2. The average molecular weight is 209 g/mol. The molecule has 0 amide bonds.